The summed E-state index contributed by atoms with van der Waals surface area (Å²) >= 11 is 0. The molecule has 0 aromatic rings. The molecule has 0 heterocycles. The van der Waals surface area contributed by atoms with E-state index < -0.39 is 5.97 Å². The van der Waals surface area contributed by atoms with E-state index in [0.29, 0.717) is 32.8 Å². The molecule has 1 N–H and O–H groups in total. The SMILES string of the molecule is CCCCOCCOC(=O)C(CCCCCCCC(=O)O)CCOCCCC. The number of carboxylic acids is 1. The van der Waals surface area contributed by atoms with Crippen molar-refractivity contribution in [1.82, 2.24) is 0 Å². The van der Waals surface area contributed by atoms with Crippen LogP contribution in [0.5, 0.6) is 0 Å². The van der Waals surface area contributed by atoms with E-state index in [4.69, 9.17) is 19.3 Å². The fourth-order valence-electron chi connectivity index (χ4n) is 2.82. The van der Waals surface area contributed by atoms with Crippen molar-refractivity contribution in [2.24, 2.45) is 5.92 Å². The lowest BCUT2D eigenvalue weighted by molar-refractivity contribution is -0.151. The van der Waals surface area contributed by atoms with Crippen molar-refractivity contribution < 1.29 is 28.9 Å². The topological polar surface area (TPSA) is 82.1 Å². The highest BCUT2D eigenvalue weighted by Gasteiger charge is 2.19. The Morgan fingerprint density at radius 3 is 1.96 bits per heavy atom. The van der Waals surface area contributed by atoms with Crippen LogP contribution in [-0.4, -0.2) is 50.1 Å². The van der Waals surface area contributed by atoms with Crippen LogP contribution in [0.15, 0.2) is 0 Å². The Kier molecular flexibility index (Phi) is 19.8. The van der Waals surface area contributed by atoms with Crippen LogP contribution >= 0.6 is 0 Å². The Bertz CT molecular complexity index is 372. The van der Waals surface area contributed by atoms with Crippen LogP contribution in [0.4, 0.5) is 0 Å². The van der Waals surface area contributed by atoms with Crippen molar-refractivity contribution in [1.29, 1.82) is 0 Å². The monoisotopic (exact) mass is 402 g/mol. The number of aliphatic carboxylic acids is 1. The molecule has 0 spiro atoms. The van der Waals surface area contributed by atoms with E-state index in [2.05, 4.69) is 13.8 Å². The van der Waals surface area contributed by atoms with Crippen molar-refractivity contribution in [2.45, 2.75) is 90.9 Å². The molecule has 28 heavy (non-hydrogen) atoms. The predicted molar refractivity (Wildman–Crippen MR) is 110 cm³/mol. The van der Waals surface area contributed by atoms with Crippen LogP contribution in [0.3, 0.4) is 0 Å². The summed E-state index contributed by atoms with van der Waals surface area (Å²) in [5.74, 6) is -1.01. The van der Waals surface area contributed by atoms with Crippen molar-refractivity contribution >= 4 is 11.9 Å². The van der Waals surface area contributed by atoms with Crippen molar-refractivity contribution in [3.63, 3.8) is 0 Å². The Hall–Kier alpha value is -1.14. The van der Waals surface area contributed by atoms with Crippen molar-refractivity contribution in [3.8, 4) is 0 Å². The number of hydrogen-bond acceptors (Lipinski definition) is 5. The van der Waals surface area contributed by atoms with Crippen LogP contribution in [0, 0.1) is 5.92 Å². The van der Waals surface area contributed by atoms with Gasteiger partial charge >= 0.3 is 11.9 Å². The maximum absolute atomic E-state index is 12.4. The average Bonchev–Trinajstić information content (AvgIpc) is 2.67. The highest BCUT2D eigenvalue weighted by molar-refractivity contribution is 5.72. The van der Waals surface area contributed by atoms with Gasteiger partial charge in [0, 0.05) is 26.2 Å². The molecule has 0 aliphatic carbocycles. The molecular weight excluding hydrogens is 360 g/mol. The molecule has 0 saturated heterocycles. The second kappa shape index (κ2) is 20.6. The van der Waals surface area contributed by atoms with Crippen molar-refractivity contribution in [3.05, 3.63) is 0 Å². The third-order valence-corrected chi connectivity index (χ3v) is 4.64. The number of rotatable bonds is 21. The van der Waals surface area contributed by atoms with E-state index in [1.54, 1.807) is 0 Å². The number of carbonyl (C=O) groups excluding carboxylic acids is 1. The smallest absolute Gasteiger partial charge is 0.309 e. The van der Waals surface area contributed by atoms with Gasteiger partial charge in [-0.05, 0) is 32.1 Å². The van der Waals surface area contributed by atoms with Gasteiger partial charge < -0.3 is 19.3 Å². The summed E-state index contributed by atoms with van der Waals surface area (Å²) in [6.07, 6.45) is 10.6. The maximum atomic E-state index is 12.4. The second-order valence-corrected chi connectivity index (χ2v) is 7.29. The molecule has 0 rings (SSSR count). The molecule has 1 atom stereocenters. The van der Waals surface area contributed by atoms with Gasteiger partial charge in [-0.2, -0.15) is 0 Å². The van der Waals surface area contributed by atoms with Gasteiger partial charge in [0.05, 0.1) is 12.5 Å². The van der Waals surface area contributed by atoms with Gasteiger partial charge in [0.2, 0.25) is 0 Å². The first-order valence-corrected chi connectivity index (χ1v) is 11.2. The zero-order valence-corrected chi connectivity index (χ0v) is 18.1. The Labute approximate surface area is 171 Å². The minimum absolute atomic E-state index is 0.128. The summed E-state index contributed by atoms with van der Waals surface area (Å²) < 4.78 is 16.5. The fourth-order valence-corrected chi connectivity index (χ4v) is 2.82. The standard InChI is InChI=1S/C22H42O6/c1-3-5-15-26-17-14-20(12-10-8-7-9-11-13-21(23)24)22(25)28-19-18-27-16-6-4-2/h20H,3-19H2,1-2H3,(H,23,24). The Morgan fingerprint density at radius 1 is 0.714 bits per heavy atom. The first-order valence-electron chi connectivity index (χ1n) is 11.2. The van der Waals surface area contributed by atoms with E-state index in [1.165, 1.54) is 0 Å². The van der Waals surface area contributed by atoms with E-state index in [0.717, 1.165) is 70.8 Å². The number of ether oxygens (including phenoxy) is 3. The Balaban J connectivity index is 4.04. The molecule has 166 valence electrons. The number of carboxylic acid groups (broad SMARTS) is 1. The van der Waals surface area contributed by atoms with Gasteiger partial charge in [-0.3, -0.25) is 9.59 Å². The summed E-state index contributed by atoms with van der Waals surface area (Å²) in [5, 5.41) is 8.65. The molecule has 0 bridgehead atoms. The molecule has 0 aromatic heterocycles. The number of carbonyl (C=O) groups is 2. The normalized spacial score (nSPS) is 12.1. The van der Waals surface area contributed by atoms with Crippen LogP contribution in [0.25, 0.3) is 0 Å². The number of hydrogen-bond donors (Lipinski definition) is 1. The lowest BCUT2D eigenvalue weighted by atomic mass is 9.97. The van der Waals surface area contributed by atoms with E-state index in [9.17, 15) is 9.59 Å². The number of unbranched alkanes of at least 4 members (excludes halogenated alkanes) is 6. The fraction of sp³-hybridized carbons (Fsp3) is 0.909. The zero-order chi connectivity index (χ0) is 20.9. The summed E-state index contributed by atoms with van der Waals surface area (Å²) in [6.45, 7) is 7.05. The van der Waals surface area contributed by atoms with Crippen LogP contribution in [0.1, 0.15) is 90.9 Å². The molecule has 0 aromatic carbocycles. The van der Waals surface area contributed by atoms with Gasteiger partial charge in [-0.25, -0.2) is 0 Å². The van der Waals surface area contributed by atoms with E-state index in [-0.39, 0.29) is 18.3 Å². The Morgan fingerprint density at radius 2 is 1.32 bits per heavy atom. The molecule has 0 saturated carbocycles. The molecule has 6 heteroatoms. The maximum Gasteiger partial charge on any atom is 0.309 e. The quantitative estimate of drug-likeness (QED) is 0.215. The largest absolute Gasteiger partial charge is 0.481 e. The highest BCUT2D eigenvalue weighted by atomic mass is 16.6. The summed E-state index contributed by atoms with van der Waals surface area (Å²) in [6, 6.07) is 0. The lowest BCUT2D eigenvalue weighted by Crippen LogP contribution is -2.22. The average molecular weight is 403 g/mol. The third-order valence-electron chi connectivity index (χ3n) is 4.64. The molecular formula is C22H42O6. The van der Waals surface area contributed by atoms with Crippen LogP contribution in [-0.2, 0) is 23.8 Å². The van der Waals surface area contributed by atoms with Crippen molar-refractivity contribution in [2.75, 3.05) is 33.0 Å². The molecule has 0 fully saturated rings. The summed E-state index contributed by atoms with van der Waals surface area (Å²) in [7, 11) is 0. The minimum atomic E-state index is -0.732. The van der Waals surface area contributed by atoms with Gasteiger partial charge in [-0.15, -0.1) is 0 Å². The molecule has 0 amide bonds. The lowest BCUT2D eigenvalue weighted by Gasteiger charge is -2.16. The molecule has 0 aliphatic heterocycles. The van der Waals surface area contributed by atoms with Gasteiger partial charge in [0.1, 0.15) is 6.61 Å². The minimum Gasteiger partial charge on any atom is -0.481 e. The number of esters is 1. The highest BCUT2D eigenvalue weighted by Crippen LogP contribution is 2.17. The van der Waals surface area contributed by atoms with Gasteiger partial charge in [0.15, 0.2) is 0 Å². The zero-order valence-electron chi connectivity index (χ0n) is 18.1. The predicted octanol–water partition coefficient (Wildman–Crippen LogP) is 4.98. The molecule has 0 radical (unpaired) electrons. The summed E-state index contributed by atoms with van der Waals surface area (Å²) in [5.41, 5.74) is 0. The molecule has 1 unspecified atom stereocenters. The molecule has 6 nitrogen and oxygen atoms in total. The first-order chi connectivity index (χ1) is 13.6. The van der Waals surface area contributed by atoms with Crippen LogP contribution in [0.2, 0.25) is 0 Å². The van der Waals surface area contributed by atoms with E-state index in [1.807, 2.05) is 0 Å². The van der Waals surface area contributed by atoms with Gasteiger partial charge in [-0.1, -0.05) is 52.4 Å². The third kappa shape index (κ3) is 18.2. The van der Waals surface area contributed by atoms with Crippen LogP contribution < -0.4 is 0 Å². The van der Waals surface area contributed by atoms with E-state index >= 15 is 0 Å². The van der Waals surface area contributed by atoms with Gasteiger partial charge in [0.25, 0.3) is 0 Å². The second-order valence-electron chi connectivity index (χ2n) is 7.29. The summed E-state index contributed by atoms with van der Waals surface area (Å²) in [4.78, 5) is 22.9. The molecule has 0 aliphatic rings. The first kappa shape index (κ1) is 26.9.